The Hall–Kier alpha value is -1.64. The van der Waals surface area contributed by atoms with Crippen LogP contribution in [0.2, 0.25) is 0 Å². The minimum absolute atomic E-state index is 0.789. The van der Waals surface area contributed by atoms with E-state index in [1.54, 1.807) is 23.1 Å². The summed E-state index contributed by atoms with van der Waals surface area (Å²) < 4.78 is 1.60. The molecule has 2 aromatic rings. The topological polar surface area (TPSA) is 30.7 Å². The van der Waals surface area contributed by atoms with E-state index in [-0.39, 0.29) is 0 Å². The smallest absolute Gasteiger partial charge is 0.154 e. The fraction of sp³-hybridized carbons (Fsp3) is 0. The zero-order valence-electron chi connectivity index (χ0n) is 5.81. The molecular weight excluding hydrogens is 138 g/mol. The lowest BCUT2D eigenvalue weighted by atomic mass is 10.5. The summed E-state index contributed by atoms with van der Waals surface area (Å²) in [6.45, 7) is 0. The molecule has 0 unspecified atom stereocenters. The molecule has 11 heavy (non-hydrogen) atoms. The van der Waals surface area contributed by atoms with E-state index in [4.69, 9.17) is 0 Å². The maximum Gasteiger partial charge on any atom is 0.154 e. The highest BCUT2D eigenvalue weighted by atomic mass is 15.3. The molecule has 1 radical (unpaired) electrons. The van der Waals surface area contributed by atoms with Crippen LogP contribution in [0, 0.1) is 6.20 Å². The Morgan fingerprint density at radius 2 is 2.27 bits per heavy atom. The highest BCUT2D eigenvalue weighted by molar-refractivity contribution is 5.18. The van der Waals surface area contributed by atoms with Gasteiger partial charge in [0.1, 0.15) is 0 Å². The van der Waals surface area contributed by atoms with Crippen molar-refractivity contribution in [1.82, 2.24) is 14.8 Å². The predicted octanol–water partition coefficient (Wildman–Crippen LogP) is 1.07. The number of pyridine rings is 1. The van der Waals surface area contributed by atoms with Gasteiger partial charge < -0.3 is 0 Å². The largest absolute Gasteiger partial charge is 0.237 e. The lowest BCUT2D eigenvalue weighted by Gasteiger charge is -1.95. The lowest BCUT2D eigenvalue weighted by molar-refractivity contribution is 0.841. The van der Waals surface area contributed by atoms with Gasteiger partial charge in [-0.15, -0.1) is 0 Å². The summed E-state index contributed by atoms with van der Waals surface area (Å²) >= 11 is 0. The Morgan fingerprint density at radius 3 is 2.91 bits per heavy atom. The van der Waals surface area contributed by atoms with E-state index in [0.29, 0.717) is 0 Å². The highest BCUT2D eigenvalue weighted by Gasteiger charge is 1.93. The maximum absolute atomic E-state index is 4.09. The molecule has 0 aliphatic rings. The normalized spacial score (nSPS) is 9.82. The third-order valence-corrected chi connectivity index (χ3v) is 1.32. The number of aromatic nitrogens is 3. The van der Waals surface area contributed by atoms with Crippen molar-refractivity contribution >= 4 is 0 Å². The van der Waals surface area contributed by atoms with E-state index in [0.717, 1.165) is 5.82 Å². The van der Waals surface area contributed by atoms with Crippen molar-refractivity contribution < 1.29 is 0 Å². The molecule has 2 aromatic heterocycles. The van der Waals surface area contributed by atoms with Crippen molar-refractivity contribution in [1.29, 1.82) is 0 Å². The summed E-state index contributed by atoms with van der Waals surface area (Å²) in [5, 5.41) is 3.99. The highest BCUT2D eigenvalue weighted by Crippen LogP contribution is 1.98. The maximum atomic E-state index is 4.09. The van der Waals surface area contributed by atoms with E-state index >= 15 is 0 Å². The van der Waals surface area contributed by atoms with Gasteiger partial charge in [0.2, 0.25) is 0 Å². The van der Waals surface area contributed by atoms with Crippen LogP contribution in [0.4, 0.5) is 0 Å². The average molecular weight is 144 g/mol. The van der Waals surface area contributed by atoms with Crippen LogP contribution in [-0.2, 0) is 0 Å². The second-order valence-corrected chi connectivity index (χ2v) is 2.06. The average Bonchev–Trinajstić information content (AvgIpc) is 2.58. The zero-order valence-corrected chi connectivity index (χ0v) is 5.81. The van der Waals surface area contributed by atoms with Gasteiger partial charge in [-0.05, 0) is 18.2 Å². The number of nitrogens with zero attached hydrogens (tertiary/aromatic N) is 3. The SMILES string of the molecule is [c]1ccnn1-c1ccccn1. The van der Waals surface area contributed by atoms with Gasteiger partial charge in [-0.25, -0.2) is 9.67 Å². The molecule has 0 atom stereocenters. The summed E-state index contributed by atoms with van der Waals surface area (Å²) in [4.78, 5) is 4.09. The Morgan fingerprint density at radius 1 is 1.27 bits per heavy atom. The molecule has 0 aromatic carbocycles. The summed E-state index contributed by atoms with van der Waals surface area (Å²) in [6.07, 6.45) is 6.30. The third-order valence-electron chi connectivity index (χ3n) is 1.32. The van der Waals surface area contributed by atoms with Crippen molar-refractivity contribution in [2.24, 2.45) is 0 Å². The van der Waals surface area contributed by atoms with Crippen molar-refractivity contribution in [3.8, 4) is 5.82 Å². The summed E-state index contributed by atoms with van der Waals surface area (Å²) in [6, 6.07) is 7.41. The van der Waals surface area contributed by atoms with Crippen molar-refractivity contribution in [3.63, 3.8) is 0 Å². The molecule has 3 nitrogen and oxygen atoms in total. The second kappa shape index (κ2) is 2.54. The molecule has 0 fully saturated rings. The molecule has 2 rings (SSSR count). The van der Waals surface area contributed by atoms with Gasteiger partial charge in [0.15, 0.2) is 5.82 Å². The Bertz CT molecular complexity index is 312. The molecule has 3 heteroatoms. The molecule has 0 bridgehead atoms. The summed E-state index contributed by atoms with van der Waals surface area (Å²) in [5.41, 5.74) is 0. The van der Waals surface area contributed by atoms with Crippen molar-refractivity contribution in [3.05, 3.63) is 42.9 Å². The number of rotatable bonds is 1. The molecule has 0 aliphatic heterocycles. The van der Waals surface area contributed by atoms with Crippen LogP contribution in [0.15, 0.2) is 36.7 Å². The van der Waals surface area contributed by atoms with Crippen LogP contribution < -0.4 is 0 Å². The molecule has 0 N–H and O–H groups in total. The van der Waals surface area contributed by atoms with Gasteiger partial charge in [0.25, 0.3) is 0 Å². The second-order valence-electron chi connectivity index (χ2n) is 2.06. The predicted molar refractivity (Wildman–Crippen MR) is 40.2 cm³/mol. The lowest BCUT2D eigenvalue weighted by Crippen LogP contribution is -1.96. The fourth-order valence-corrected chi connectivity index (χ4v) is 0.842. The van der Waals surface area contributed by atoms with E-state index in [1.807, 2.05) is 18.2 Å². The molecule has 0 spiro atoms. The third kappa shape index (κ3) is 1.12. The molecule has 0 amide bonds. The first-order valence-corrected chi connectivity index (χ1v) is 3.30. The van der Waals surface area contributed by atoms with Gasteiger partial charge in [-0.3, -0.25) is 0 Å². The van der Waals surface area contributed by atoms with Gasteiger partial charge in [-0.1, -0.05) is 6.07 Å². The summed E-state index contributed by atoms with van der Waals surface area (Å²) in [7, 11) is 0. The Balaban J connectivity index is 2.46. The van der Waals surface area contributed by atoms with Gasteiger partial charge in [0, 0.05) is 6.20 Å². The molecule has 53 valence electrons. The van der Waals surface area contributed by atoms with E-state index in [9.17, 15) is 0 Å². The monoisotopic (exact) mass is 144 g/mol. The Kier molecular flexibility index (Phi) is 1.41. The minimum Gasteiger partial charge on any atom is -0.237 e. The van der Waals surface area contributed by atoms with Gasteiger partial charge in [0.05, 0.1) is 12.4 Å². The van der Waals surface area contributed by atoms with E-state index < -0.39 is 0 Å². The van der Waals surface area contributed by atoms with Gasteiger partial charge >= 0.3 is 0 Å². The Labute approximate surface area is 64.3 Å². The first-order valence-electron chi connectivity index (χ1n) is 3.30. The minimum atomic E-state index is 0.789. The fourth-order valence-electron chi connectivity index (χ4n) is 0.842. The molecule has 0 saturated heterocycles. The van der Waals surface area contributed by atoms with Crippen LogP contribution in [0.1, 0.15) is 0 Å². The van der Waals surface area contributed by atoms with Gasteiger partial charge in [-0.2, -0.15) is 5.10 Å². The first-order chi connectivity index (χ1) is 5.47. The molecule has 0 aliphatic carbocycles. The van der Waals surface area contributed by atoms with Crippen LogP contribution >= 0.6 is 0 Å². The van der Waals surface area contributed by atoms with Crippen LogP contribution in [-0.4, -0.2) is 14.8 Å². The van der Waals surface area contributed by atoms with Crippen LogP contribution in [0.25, 0.3) is 5.82 Å². The number of hydrogen-bond donors (Lipinski definition) is 0. The number of hydrogen-bond acceptors (Lipinski definition) is 2. The van der Waals surface area contributed by atoms with Crippen molar-refractivity contribution in [2.75, 3.05) is 0 Å². The summed E-state index contributed by atoms with van der Waals surface area (Å²) in [5.74, 6) is 0.789. The molecule has 0 saturated carbocycles. The van der Waals surface area contributed by atoms with Crippen molar-refractivity contribution in [2.45, 2.75) is 0 Å². The van der Waals surface area contributed by atoms with E-state index in [2.05, 4.69) is 16.3 Å². The molecular formula is C8H6N3. The molecule has 2 heterocycles. The quantitative estimate of drug-likeness (QED) is 0.599. The zero-order chi connectivity index (χ0) is 7.52. The van der Waals surface area contributed by atoms with Crippen LogP contribution in [0.5, 0.6) is 0 Å². The van der Waals surface area contributed by atoms with E-state index in [1.165, 1.54) is 0 Å². The van der Waals surface area contributed by atoms with Crippen LogP contribution in [0.3, 0.4) is 0 Å². The standard InChI is InChI=1S/C8H6N3/c1-2-5-9-8(4-1)11-7-3-6-10-11/h1-6H. The first kappa shape index (κ1) is 6.09.